The Morgan fingerprint density at radius 3 is 2.57 bits per heavy atom. The molecule has 0 aliphatic carbocycles. The third kappa shape index (κ3) is 3.12. The molecule has 1 aromatic heterocycles. The van der Waals surface area contributed by atoms with Gasteiger partial charge in [-0.05, 0) is 24.3 Å². The number of alkyl halides is 1. The van der Waals surface area contributed by atoms with Gasteiger partial charge in [0.05, 0.1) is 17.9 Å². The van der Waals surface area contributed by atoms with Crippen molar-refractivity contribution in [3.8, 4) is 5.75 Å². The number of hydrogen-bond acceptors (Lipinski definition) is 3. The summed E-state index contributed by atoms with van der Waals surface area (Å²) in [6.07, 6.45) is 1.69. The Morgan fingerprint density at radius 2 is 1.83 bits per heavy atom. The Hall–Kier alpha value is -2.59. The van der Waals surface area contributed by atoms with E-state index < -0.39 is 0 Å². The minimum absolute atomic E-state index is 0.123. The second-order valence-electron chi connectivity index (χ2n) is 5.08. The monoisotopic (exact) mass is 326 g/mol. The van der Waals surface area contributed by atoms with E-state index in [4.69, 9.17) is 11.6 Å². The SMILES string of the molecule is O=C(CCl)N(Cc1ccccn1)c1cccc2c(O)cccc12. The van der Waals surface area contributed by atoms with E-state index in [0.29, 0.717) is 17.6 Å². The van der Waals surface area contributed by atoms with Crippen LogP contribution in [0.4, 0.5) is 5.69 Å². The highest BCUT2D eigenvalue weighted by Crippen LogP contribution is 2.32. The number of carbonyl (C=O) groups is 1. The van der Waals surface area contributed by atoms with Crippen LogP contribution < -0.4 is 4.90 Å². The van der Waals surface area contributed by atoms with E-state index in [1.54, 1.807) is 23.2 Å². The fourth-order valence-corrected chi connectivity index (χ4v) is 2.69. The second kappa shape index (κ2) is 6.67. The van der Waals surface area contributed by atoms with Crippen molar-refractivity contribution in [1.29, 1.82) is 0 Å². The third-order valence-corrected chi connectivity index (χ3v) is 3.86. The van der Waals surface area contributed by atoms with Gasteiger partial charge < -0.3 is 10.0 Å². The first-order valence-corrected chi connectivity index (χ1v) is 7.71. The number of aromatic hydroxyl groups is 1. The average Bonchev–Trinajstić information content (AvgIpc) is 2.60. The lowest BCUT2D eigenvalue weighted by atomic mass is 10.1. The molecule has 2 aromatic carbocycles. The van der Waals surface area contributed by atoms with Gasteiger partial charge in [-0.2, -0.15) is 0 Å². The average molecular weight is 327 g/mol. The van der Waals surface area contributed by atoms with Gasteiger partial charge in [0, 0.05) is 17.0 Å². The smallest absolute Gasteiger partial charge is 0.242 e. The summed E-state index contributed by atoms with van der Waals surface area (Å²) in [7, 11) is 0. The van der Waals surface area contributed by atoms with Crippen LogP contribution in [-0.4, -0.2) is 21.9 Å². The zero-order valence-corrected chi connectivity index (χ0v) is 13.1. The van der Waals surface area contributed by atoms with E-state index in [9.17, 15) is 9.90 Å². The lowest BCUT2D eigenvalue weighted by molar-refractivity contribution is -0.116. The first kappa shape index (κ1) is 15.3. The van der Waals surface area contributed by atoms with Crippen LogP contribution >= 0.6 is 11.6 Å². The standard InChI is InChI=1S/C18H15ClN2O2/c19-11-18(23)21(12-13-5-1-2-10-20-13)16-8-3-7-15-14(16)6-4-9-17(15)22/h1-10,22H,11-12H2. The maximum atomic E-state index is 12.3. The molecule has 0 spiro atoms. The Labute approximate surface area is 139 Å². The van der Waals surface area contributed by atoms with Crippen molar-refractivity contribution in [2.45, 2.75) is 6.54 Å². The van der Waals surface area contributed by atoms with Crippen molar-refractivity contribution in [2.24, 2.45) is 0 Å². The van der Waals surface area contributed by atoms with Crippen molar-refractivity contribution in [3.63, 3.8) is 0 Å². The number of aromatic nitrogens is 1. The van der Waals surface area contributed by atoms with Crippen molar-refractivity contribution < 1.29 is 9.90 Å². The molecule has 0 aliphatic rings. The number of rotatable bonds is 4. The summed E-state index contributed by atoms with van der Waals surface area (Å²) in [4.78, 5) is 18.2. The minimum Gasteiger partial charge on any atom is -0.507 e. The normalized spacial score (nSPS) is 10.7. The molecule has 0 fully saturated rings. The molecule has 0 aliphatic heterocycles. The number of hydrogen-bond donors (Lipinski definition) is 1. The number of halogens is 1. The molecular weight excluding hydrogens is 312 g/mol. The topological polar surface area (TPSA) is 53.4 Å². The van der Waals surface area contributed by atoms with E-state index in [1.807, 2.05) is 42.5 Å². The molecular formula is C18H15ClN2O2. The van der Waals surface area contributed by atoms with Gasteiger partial charge >= 0.3 is 0 Å². The molecule has 1 amide bonds. The first-order chi connectivity index (χ1) is 11.2. The van der Waals surface area contributed by atoms with Gasteiger partial charge in [-0.1, -0.05) is 30.3 Å². The summed E-state index contributed by atoms with van der Waals surface area (Å²) in [5.74, 6) is -0.157. The van der Waals surface area contributed by atoms with Gasteiger partial charge in [-0.3, -0.25) is 9.78 Å². The maximum absolute atomic E-state index is 12.3. The lowest BCUT2D eigenvalue weighted by Crippen LogP contribution is -2.31. The summed E-state index contributed by atoms with van der Waals surface area (Å²) >= 11 is 5.78. The van der Waals surface area contributed by atoms with Crippen LogP contribution in [0.5, 0.6) is 5.75 Å². The van der Waals surface area contributed by atoms with Crippen LogP contribution in [0.2, 0.25) is 0 Å². The first-order valence-electron chi connectivity index (χ1n) is 7.17. The Balaban J connectivity index is 2.10. The Kier molecular flexibility index (Phi) is 4.44. The maximum Gasteiger partial charge on any atom is 0.242 e. The van der Waals surface area contributed by atoms with Crippen molar-refractivity contribution in [2.75, 3.05) is 10.8 Å². The Bertz CT molecular complexity index is 837. The summed E-state index contributed by atoms with van der Waals surface area (Å²) in [6, 6.07) is 16.3. The molecule has 5 heteroatoms. The molecule has 0 radical (unpaired) electrons. The second-order valence-corrected chi connectivity index (χ2v) is 5.35. The molecule has 0 saturated carbocycles. The summed E-state index contributed by atoms with van der Waals surface area (Å²) in [6.45, 7) is 0.321. The molecule has 0 unspecified atom stereocenters. The van der Waals surface area contributed by atoms with Gasteiger partial charge in [-0.15, -0.1) is 11.6 Å². The summed E-state index contributed by atoms with van der Waals surface area (Å²) < 4.78 is 0. The van der Waals surface area contributed by atoms with Crippen LogP contribution in [0.3, 0.4) is 0 Å². The number of anilines is 1. The number of carbonyl (C=O) groups excluding carboxylic acids is 1. The molecule has 3 aromatic rings. The van der Waals surface area contributed by atoms with Crippen LogP contribution in [0, 0.1) is 0 Å². The highest BCUT2D eigenvalue weighted by molar-refractivity contribution is 6.29. The van der Waals surface area contributed by atoms with Crippen LogP contribution in [-0.2, 0) is 11.3 Å². The van der Waals surface area contributed by atoms with Gasteiger partial charge in [0.15, 0.2) is 0 Å². The Morgan fingerprint density at radius 1 is 1.04 bits per heavy atom. The third-order valence-electron chi connectivity index (χ3n) is 3.63. The van der Waals surface area contributed by atoms with E-state index in [0.717, 1.165) is 11.1 Å². The summed E-state index contributed by atoms with van der Waals surface area (Å²) in [5, 5.41) is 11.5. The summed E-state index contributed by atoms with van der Waals surface area (Å²) in [5.41, 5.74) is 1.47. The zero-order chi connectivity index (χ0) is 16.2. The van der Waals surface area contributed by atoms with Crippen molar-refractivity contribution in [1.82, 2.24) is 4.98 Å². The lowest BCUT2D eigenvalue weighted by Gasteiger charge is -2.23. The molecule has 0 atom stereocenters. The highest BCUT2D eigenvalue weighted by Gasteiger charge is 2.18. The number of amides is 1. The van der Waals surface area contributed by atoms with Crippen LogP contribution in [0.15, 0.2) is 60.8 Å². The predicted molar refractivity (Wildman–Crippen MR) is 91.8 cm³/mol. The van der Waals surface area contributed by atoms with Crippen LogP contribution in [0.1, 0.15) is 5.69 Å². The molecule has 3 rings (SSSR count). The fraction of sp³-hybridized carbons (Fsp3) is 0.111. The molecule has 4 nitrogen and oxygen atoms in total. The molecule has 1 N–H and O–H groups in total. The quantitative estimate of drug-likeness (QED) is 0.744. The highest BCUT2D eigenvalue weighted by atomic mass is 35.5. The van der Waals surface area contributed by atoms with E-state index in [2.05, 4.69) is 4.98 Å². The number of benzene rings is 2. The van der Waals surface area contributed by atoms with E-state index in [-0.39, 0.29) is 17.5 Å². The van der Waals surface area contributed by atoms with Gasteiger partial charge in [-0.25, -0.2) is 0 Å². The van der Waals surface area contributed by atoms with Crippen molar-refractivity contribution in [3.05, 3.63) is 66.5 Å². The number of phenolic OH excluding ortho intramolecular Hbond substituents is 1. The van der Waals surface area contributed by atoms with Gasteiger partial charge in [0.1, 0.15) is 11.6 Å². The molecule has 23 heavy (non-hydrogen) atoms. The van der Waals surface area contributed by atoms with E-state index in [1.165, 1.54) is 0 Å². The molecule has 0 saturated heterocycles. The molecule has 0 bridgehead atoms. The number of nitrogens with zero attached hydrogens (tertiary/aromatic N) is 2. The fourth-order valence-electron chi connectivity index (χ4n) is 2.55. The van der Waals surface area contributed by atoms with Crippen LogP contribution in [0.25, 0.3) is 10.8 Å². The molecule has 1 heterocycles. The number of fused-ring (bicyclic) bond motifs is 1. The minimum atomic E-state index is -0.215. The number of phenols is 1. The largest absolute Gasteiger partial charge is 0.507 e. The van der Waals surface area contributed by atoms with Gasteiger partial charge in [0.25, 0.3) is 0 Å². The predicted octanol–water partition coefficient (Wildman–Crippen LogP) is 3.71. The number of pyridine rings is 1. The zero-order valence-electron chi connectivity index (χ0n) is 12.3. The molecule has 116 valence electrons. The van der Waals surface area contributed by atoms with E-state index >= 15 is 0 Å². The van der Waals surface area contributed by atoms with Crippen molar-refractivity contribution >= 4 is 34.0 Å². The van der Waals surface area contributed by atoms with Gasteiger partial charge in [0.2, 0.25) is 5.91 Å².